The van der Waals surface area contributed by atoms with Gasteiger partial charge in [0.05, 0.1) is 10.7 Å². The molecule has 9 heteroatoms. The second-order valence-corrected chi connectivity index (χ2v) is 7.84. The van der Waals surface area contributed by atoms with Gasteiger partial charge in [-0.2, -0.15) is 0 Å². The monoisotopic (exact) mass is 481 g/mol. The number of nitrogens with one attached hydrogen (secondary N) is 2. The summed E-state index contributed by atoms with van der Waals surface area (Å²) in [7, 11) is 0. The highest BCUT2D eigenvalue weighted by Gasteiger charge is 2.34. The van der Waals surface area contributed by atoms with Crippen molar-refractivity contribution in [2.24, 2.45) is 0 Å². The molecular formula is C24H17Cl2N3O4. The average Bonchev–Trinajstić information content (AvgIpc) is 3.07. The fraction of sp³-hybridized carbons (Fsp3) is 0.0417. The van der Waals surface area contributed by atoms with Gasteiger partial charge < -0.3 is 15.4 Å². The van der Waals surface area contributed by atoms with Crippen molar-refractivity contribution in [3.8, 4) is 5.75 Å². The molecule has 1 aliphatic heterocycles. The first kappa shape index (κ1) is 22.4. The molecule has 1 aliphatic rings. The van der Waals surface area contributed by atoms with Crippen molar-refractivity contribution >= 4 is 58.5 Å². The number of carbonyl (C=O) groups is 3. The lowest BCUT2D eigenvalue weighted by Gasteiger charge is -2.11. The third kappa shape index (κ3) is 5.34. The Bertz CT molecular complexity index is 1240. The van der Waals surface area contributed by atoms with Crippen molar-refractivity contribution in [1.29, 1.82) is 0 Å². The zero-order chi connectivity index (χ0) is 23.4. The number of amides is 4. The van der Waals surface area contributed by atoms with E-state index in [9.17, 15) is 14.4 Å². The molecule has 1 fully saturated rings. The van der Waals surface area contributed by atoms with Crippen LogP contribution >= 0.6 is 23.2 Å². The summed E-state index contributed by atoms with van der Waals surface area (Å²) >= 11 is 12.2. The van der Waals surface area contributed by atoms with Crippen LogP contribution < -0.4 is 20.3 Å². The Morgan fingerprint density at radius 3 is 2.42 bits per heavy atom. The van der Waals surface area contributed by atoms with Gasteiger partial charge in [-0.25, -0.2) is 9.69 Å². The zero-order valence-corrected chi connectivity index (χ0v) is 18.6. The summed E-state index contributed by atoms with van der Waals surface area (Å²) in [6, 6.07) is 19.6. The van der Waals surface area contributed by atoms with Crippen LogP contribution in [-0.4, -0.2) is 24.5 Å². The quantitative estimate of drug-likeness (QED) is 0.378. The fourth-order valence-electron chi connectivity index (χ4n) is 3.11. The van der Waals surface area contributed by atoms with Crippen LogP contribution in [0.25, 0.3) is 6.08 Å². The summed E-state index contributed by atoms with van der Waals surface area (Å²) < 4.78 is 5.50. The van der Waals surface area contributed by atoms with Gasteiger partial charge in [-0.1, -0.05) is 47.5 Å². The van der Waals surface area contributed by atoms with Crippen molar-refractivity contribution in [1.82, 2.24) is 5.32 Å². The maximum absolute atomic E-state index is 12.7. The van der Waals surface area contributed by atoms with E-state index in [-0.39, 0.29) is 23.2 Å². The summed E-state index contributed by atoms with van der Waals surface area (Å²) in [4.78, 5) is 38.1. The number of para-hydroxylation sites is 1. The highest BCUT2D eigenvalue weighted by Crippen LogP contribution is 2.28. The van der Waals surface area contributed by atoms with Gasteiger partial charge in [-0.15, -0.1) is 0 Å². The molecule has 3 aromatic carbocycles. The largest absolute Gasteiger partial charge is 0.482 e. The second kappa shape index (κ2) is 9.77. The number of anilines is 2. The number of imide groups is 1. The maximum atomic E-state index is 12.7. The van der Waals surface area contributed by atoms with E-state index in [0.29, 0.717) is 27.7 Å². The van der Waals surface area contributed by atoms with E-state index >= 15 is 0 Å². The Labute approximate surface area is 199 Å². The number of nitrogens with zero attached hydrogens (tertiary/aromatic N) is 1. The van der Waals surface area contributed by atoms with Gasteiger partial charge in [0.15, 0.2) is 6.61 Å². The Morgan fingerprint density at radius 2 is 1.73 bits per heavy atom. The highest BCUT2D eigenvalue weighted by atomic mass is 35.5. The second-order valence-electron chi connectivity index (χ2n) is 7.00. The minimum Gasteiger partial charge on any atom is -0.482 e. The van der Waals surface area contributed by atoms with E-state index in [1.165, 1.54) is 6.08 Å². The fourth-order valence-corrected chi connectivity index (χ4v) is 3.48. The van der Waals surface area contributed by atoms with Crippen LogP contribution in [0.15, 0.2) is 78.5 Å². The molecule has 4 rings (SSSR count). The summed E-state index contributed by atoms with van der Waals surface area (Å²) in [5, 5.41) is 6.02. The van der Waals surface area contributed by atoms with Gasteiger partial charge in [0, 0.05) is 10.7 Å². The molecule has 33 heavy (non-hydrogen) atoms. The Morgan fingerprint density at radius 1 is 1.00 bits per heavy atom. The van der Waals surface area contributed by atoms with Crippen molar-refractivity contribution in [2.75, 3.05) is 16.8 Å². The number of ether oxygens (including phenoxy) is 1. The molecule has 0 saturated carbocycles. The van der Waals surface area contributed by atoms with Crippen molar-refractivity contribution in [2.45, 2.75) is 0 Å². The van der Waals surface area contributed by atoms with E-state index < -0.39 is 11.9 Å². The van der Waals surface area contributed by atoms with Gasteiger partial charge >= 0.3 is 6.03 Å². The third-order valence-electron chi connectivity index (χ3n) is 4.65. The first-order valence-corrected chi connectivity index (χ1v) is 10.6. The number of urea groups is 1. The molecule has 2 N–H and O–H groups in total. The van der Waals surface area contributed by atoms with Crippen LogP contribution in [0, 0.1) is 0 Å². The summed E-state index contributed by atoms with van der Waals surface area (Å²) in [5.41, 5.74) is 1.74. The van der Waals surface area contributed by atoms with Gasteiger partial charge in [0.1, 0.15) is 11.4 Å². The van der Waals surface area contributed by atoms with Gasteiger partial charge in [0.25, 0.3) is 11.8 Å². The van der Waals surface area contributed by atoms with Crippen LogP contribution in [0.4, 0.5) is 16.2 Å². The lowest BCUT2D eigenvalue weighted by Crippen LogP contribution is -2.30. The van der Waals surface area contributed by atoms with E-state index in [2.05, 4.69) is 10.6 Å². The number of hydrogen-bond donors (Lipinski definition) is 2. The number of carbonyl (C=O) groups excluding carboxylic acids is 3. The average molecular weight is 482 g/mol. The molecule has 0 aromatic heterocycles. The predicted octanol–water partition coefficient (Wildman–Crippen LogP) is 5.11. The van der Waals surface area contributed by atoms with Crippen LogP contribution in [-0.2, 0) is 9.59 Å². The van der Waals surface area contributed by atoms with Crippen molar-refractivity contribution in [3.05, 3.63) is 94.1 Å². The molecule has 0 atom stereocenters. The van der Waals surface area contributed by atoms with Crippen LogP contribution in [0.1, 0.15) is 5.56 Å². The van der Waals surface area contributed by atoms with E-state index in [4.69, 9.17) is 27.9 Å². The molecule has 7 nitrogen and oxygen atoms in total. The SMILES string of the molecule is O=C(COc1ccc(/C=C2/NC(=O)N(c3ccc(Cl)cc3)C2=O)cc1Cl)Nc1ccccc1. The Balaban J connectivity index is 1.42. The lowest BCUT2D eigenvalue weighted by molar-refractivity contribution is -0.118. The molecule has 1 heterocycles. The molecule has 0 radical (unpaired) electrons. The molecule has 1 saturated heterocycles. The summed E-state index contributed by atoms with van der Waals surface area (Å²) in [6.45, 7) is -0.223. The molecular weight excluding hydrogens is 465 g/mol. The van der Waals surface area contributed by atoms with Crippen LogP contribution in [0.3, 0.4) is 0 Å². The molecule has 0 unspecified atom stereocenters. The minimum absolute atomic E-state index is 0.0990. The molecule has 0 aliphatic carbocycles. The Hall–Kier alpha value is -3.81. The maximum Gasteiger partial charge on any atom is 0.333 e. The molecule has 4 amide bonds. The molecule has 0 spiro atoms. The van der Waals surface area contributed by atoms with Gasteiger partial charge in [0.2, 0.25) is 0 Å². The first-order valence-electron chi connectivity index (χ1n) is 9.80. The Kier molecular flexibility index (Phi) is 6.63. The first-order chi connectivity index (χ1) is 15.9. The lowest BCUT2D eigenvalue weighted by atomic mass is 10.2. The third-order valence-corrected chi connectivity index (χ3v) is 5.19. The normalized spacial score (nSPS) is 14.4. The molecule has 3 aromatic rings. The topological polar surface area (TPSA) is 87.7 Å². The highest BCUT2D eigenvalue weighted by molar-refractivity contribution is 6.32. The number of halogens is 2. The van der Waals surface area contributed by atoms with E-state index in [1.54, 1.807) is 54.6 Å². The molecule has 0 bridgehead atoms. The number of benzene rings is 3. The number of rotatable bonds is 6. The van der Waals surface area contributed by atoms with E-state index in [0.717, 1.165) is 4.90 Å². The standard InChI is InChI=1S/C24H17Cl2N3O4/c25-16-7-9-18(10-8-16)29-23(31)20(28-24(29)32)13-15-6-11-21(19(26)12-15)33-14-22(30)27-17-4-2-1-3-5-17/h1-13H,14H2,(H,27,30)(H,28,32)/b20-13+. The van der Waals surface area contributed by atoms with Gasteiger partial charge in [-0.3, -0.25) is 9.59 Å². The zero-order valence-electron chi connectivity index (χ0n) is 17.0. The van der Waals surface area contributed by atoms with Crippen molar-refractivity contribution < 1.29 is 19.1 Å². The summed E-state index contributed by atoms with van der Waals surface area (Å²) in [6.07, 6.45) is 1.51. The van der Waals surface area contributed by atoms with Gasteiger partial charge in [-0.05, 0) is 60.2 Å². The molecule has 166 valence electrons. The van der Waals surface area contributed by atoms with Crippen LogP contribution in [0.2, 0.25) is 10.0 Å². The van der Waals surface area contributed by atoms with E-state index in [1.807, 2.05) is 18.2 Å². The number of hydrogen-bond acceptors (Lipinski definition) is 4. The van der Waals surface area contributed by atoms with Crippen molar-refractivity contribution in [3.63, 3.8) is 0 Å². The summed E-state index contributed by atoms with van der Waals surface area (Å²) in [5.74, 6) is -0.520. The van der Waals surface area contributed by atoms with Crippen LogP contribution in [0.5, 0.6) is 5.75 Å². The smallest absolute Gasteiger partial charge is 0.333 e. The minimum atomic E-state index is -0.566. The predicted molar refractivity (Wildman–Crippen MR) is 127 cm³/mol.